The van der Waals surface area contributed by atoms with E-state index in [1.165, 1.54) is 24.4 Å². The molecule has 1 aliphatic carbocycles. The number of nitrogens with two attached hydrogens (primary N) is 1. The predicted molar refractivity (Wildman–Crippen MR) is 160 cm³/mol. The molecule has 2 heterocycles. The van der Waals surface area contributed by atoms with E-state index < -0.39 is 23.5 Å². The van der Waals surface area contributed by atoms with Crippen molar-refractivity contribution in [2.45, 2.75) is 47.4 Å². The molecule has 5 N–H and O–H groups in total. The van der Waals surface area contributed by atoms with Crippen molar-refractivity contribution in [3.8, 4) is 0 Å². The molecule has 5 rings (SSSR count). The number of carbonyl (C=O) groups excluding carboxylic acids is 1. The third-order valence-electron chi connectivity index (χ3n) is 7.67. The highest BCUT2D eigenvalue weighted by Crippen LogP contribution is 2.36. The second-order valence-electron chi connectivity index (χ2n) is 10.9. The van der Waals surface area contributed by atoms with Gasteiger partial charge in [0, 0.05) is 78.5 Å². The van der Waals surface area contributed by atoms with Crippen molar-refractivity contribution in [3.63, 3.8) is 0 Å². The molecule has 3 aromatic rings. The molecule has 0 unspecified atom stereocenters. The van der Waals surface area contributed by atoms with E-state index in [9.17, 15) is 22.4 Å². The Balaban J connectivity index is 1.36. The van der Waals surface area contributed by atoms with E-state index in [2.05, 4.69) is 32.5 Å². The Morgan fingerprint density at radius 2 is 1.67 bits per heavy atom. The fourth-order valence-corrected chi connectivity index (χ4v) is 6.10. The van der Waals surface area contributed by atoms with Crippen molar-refractivity contribution in [1.29, 1.82) is 5.41 Å². The van der Waals surface area contributed by atoms with Crippen LogP contribution in [0.25, 0.3) is 0 Å². The molecule has 2 aromatic carbocycles. The van der Waals surface area contributed by atoms with Gasteiger partial charge in [0.15, 0.2) is 0 Å². The number of nitrogens with one attached hydrogen (secondary N) is 3. The van der Waals surface area contributed by atoms with Gasteiger partial charge >= 0.3 is 0 Å². The molecular formula is C30H33F4N7OS. The van der Waals surface area contributed by atoms with Crippen LogP contribution < -0.4 is 21.3 Å². The topological polar surface area (TPSA) is 110 Å². The molecule has 2 aliphatic rings. The molecule has 2 fully saturated rings. The Kier molecular flexibility index (Phi) is 9.11. The summed E-state index contributed by atoms with van der Waals surface area (Å²) in [6.45, 7) is 3.40. The van der Waals surface area contributed by atoms with Gasteiger partial charge in [0.2, 0.25) is 5.92 Å². The zero-order valence-corrected chi connectivity index (χ0v) is 24.4. The number of aromatic nitrogens is 1. The van der Waals surface area contributed by atoms with Crippen LogP contribution in [0, 0.1) is 17.0 Å². The van der Waals surface area contributed by atoms with Gasteiger partial charge in [-0.2, -0.15) is 0 Å². The maximum Gasteiger partial charge on any atom is 0.258 e. The molecule has 13 heteroatoms. The number of nitrogen functional groups attached to an aromatic ring is 1. The summed E-state index contributed by atoms with van der Waals surface area (Å²) < 4.78 is 54.9. The van der Waals surface area contributed by atoms with Crippen LogP contribution in [0.2, 0.25) is 0 Å². The SMILES string of the molecule is CN1CCN(c2ccc(C(=O)NC(=N)c3cc(Sc4cc(F)cc(F)c4)cnc3N)c(NC3CCC(F)(F)CC3)c2)CC1. The minimum atomic E-state index is -2.68. The second-order valence-corrected chi connectivity index (χ2v) is 12.1. The Morgan fingerprint density at radius 3 is 2.35 bits per heavy atom. The van der Waals surface area contributed by atoms with Gasteiger partial charge in [-0.15, -0.1) is 0 Å². The summed E-state index contributed by atoms with van der Waals surface area (Å²) in [5.41, 5.74) is 7.82. The molecule has 8 nitrogen and oxygen atoms in total. The maximum absolute atomic E-state index is 13.8. The number of likely N-dealkylation sites (N-methyl/N-ethyl adjacent to an activating group) is 1. The van der Waals surface area contributed by atoms with Crippen LogP contribution in [0.1, 0.15) is 41.6 Å². The minimum absolute atomic E-state index is 0.00744. The summed E-state index contributed by atoms with van der Waals surface area (Å²) in [6, 6.07) is 9.77. The molecule has 0 spiro atoms. The molecular weight excluding hydrogens is 582 g/mol. The van der Waals surface area contributed by atoms with Gasteiger partial charge in [-0.25, -0.2) is 22.5 Å². The van der Waals surface area contributed by atoms with Crippen LogP contribution in [-0.4, -0.2) is 66.8 Å². The molecule has 0 bridgehead atoms. The van der Waals surface area contributed by atoms with E-state index in [1.807, 2.05) is 12.1 Å². The molecule has 0 atom stereocenters. The minimum Gasteiger partial charge on any atom is -0.383 e. The number of benzene rings is 2. The van der Waals surface area contributed by atoms with Crippen LogP contribution in [0.3, 0.4) is 0 Å². The van der Waals surface area contributed by atoms with Crippen molar-refractivity contribution in [2.75, 3.05) is 49.2 Å². The van der Waals surface area contributed by atoms with E-state index >= 15 is 0 Å². The normalized spacial score (nSPS) is 17.5. The second kappa shape index (κ2) is 12.8. The van der Waals surface area contributed by atoms with E-state index in [1.54, 1.807) is 6.07 Å². The lowest BCUT2D eigenvalue weighted by atomic mass is 9.92. The average Bonchev–Trinajstić information content (AvgIpc) is 2.95. The van der Waals surface area contributed by atoms with Gasteiger partial charge in [0.1, 0.15) is 23.3 Å². The first-order valence-corrected chi connectivity index (χ1v) is 14.8. The third-order valence-corrected chi connectivity index (χ3v) is 8.60. The maximum atomic E-state index is 13.8. The summed E-state index contributed by atoms with van der Waals surface area (Å²) in [4.78, 5) is 22.8. The lowest BCUT2D eigenvalue weighted by Gasteiger charge is -2.35. The highest BCUT2D eigenvalue weighted by atomic mass is 32.2. The lowest BCUT2D eigenvalue weighted by molar-refractivity contribution is -0.0361. The monoisotopic (exact) mass is 615 g/mol. The van der Waals surface area contributed by atoms with E-state index in [0.29, 0.717) is 15.5 Å². The van der Waals surface area contributed by atoms with Crippen molar-refractivity contribution in [2.24, 2.45) is 0 Å². The number of halogens is 4. The smallest absolute Gasteiger partial charge is 0.258 e. The van der Waals surface area contributed by atoms with Crippen LogP contribution in [0.4, 0.5) is 34.8 Å². The number of pyridine rings is 1. The lowest BCUT2D eigenvalue weighted by Crippen LogP contribution is -2.44. The van der Waals surface area contributed by atoms with Gasteiger partial charge in [-0.1, -0.05) is 11.8 Å². The molecule has 1 saturated heterocycles. The molecule has 1 aliphatic heterocycles. The zero-order chi connectivity index (χ0) is 30.7. The van der Waals surface area contributed by atoms with Crippen molar-refractivity contribution >= 4 is 40.7 Å². The Morgan fingerprint density at radius 1 is 1.00 bits per heavy atom. The summed E-state index contributed by atoms with van der Waals surface area (Å²) >= 11 is 1.03. The van der Waals surface area contributed by atoms with E-state index in [4.69, 9.17) is 11.1 Å². The summed E-state index contributed by atoms with van der Waals surface area (Å²) in [6.07, 6.45) is 1.50. The number of rotatable bonds is 7. The summed E-state index contributed by atoms with van der Waals surface area (Å²) in [7, 11) is 2.06. The fourth-order valence-electron chi connectivity index (χ4n) is 5.20. The first-order chi connectivity index (χ1) is 20.5. The van der Waals surface area contributed by atoms with Gasteiger partial charge in [-0.3, -0.25) is 10.2 Å². The number of amidine groups is 1. The third kappa shape index (κ3) is 7.77. The van der Waals surface area contributed by atoms with E-state index in [0.717, 1.165) is 49.7 Å². The number of carbonyl (C=O) groups is 1. The number of hydrogen-bond acceptors (Lipinski definition) is 8. The van der Waals surface area contributed by atoms with Crippen molar-refractivity contribution in [1.82, 2.24) is 15.2 Å². The van der Waals surface area contributed by atoms with Gasteiger partial charge in [-0.05, 0) is 56.3 Å². The van der Waals surface area contributed by atoms with Gasteiger partial charge in [0.25, 0.3) is 5.91 Å². The Bertz CT molecular complexity index is 1480. The Labute approximate surface area is 251 Å². The number of nitrogens with zero attached hydrogens (tertiary/aromatic N) is 3. The van der Waals surface area contributed by atoms with Crippen LogP contribution in [0.5, 0.6) is 0 Å². The molecule has 0 radical (unpaired) electrons. The molecule has 1 amide bonds. The summed E-state index contributed by atoms with van der Waals surface area (Å²) in [5, 5.41) is 14.5. The Hall–Kier alpha value is -3.84. The highest BCUT2D eigenvalue weighted by Gasteiger charge is 2.35. The van der Waals surface area contributed by atoms with Crippen LogP contribution in [0.15, 0.2) is 58.5 Å². The van der Waals surface area contributed by atoms with Gasteiger partial charge in [0.05, 0.1) is 11.1 Å². The molecule has 1 saturated carbocycles. The number of anilines is 3. The van der Waals surface area contributed by atoms with Crippen molar-refractivity contribution < 1.29 is 22.4 Å². The van der Waals surface area contributed by atoms with Crippen LogP contribution >= 0.6 is 11.8 Å². The fraction of sp³-hybridized carbons (Fsp3) is 0.367. The number of amides is 1. The zero-order valence-electron chi connectivity index (χ0n) is 23.6. The molecule has 228 valence electrons. The largest absolute Gasteiger partial charge is 0.383 e. The highest BCUT2D eigenvalue weighted by molar-refractivity contribution is 7.99. The number of hydrogen-bond donors (Lipinski definition) is 4. The standard InChI is InChI=1S/C30H33F4N7OS/c1-40-8-10-41(11-9-40)21-2-3-24(26(15-21)38-20-4-6-30(33,34)7-5-20)29(42)39-28(36)25-16-23(17-37-27(25)35)43-22-13-18(31)12-19(32)14-22/h2-3,12-17,20,38H,4-11H2,1H3,(H2,35,37)(H2,36,39,42). The quantitative estimate of drug-likeness (QED) is 0.156. The number of alkyl halides is 2. The van der Waals surface area contributed by atoms with E-state index in [-0.39, 0.29) is 54.5 Å². The van der Waals surface area contributed by atoms with Crippen molar-refractivity contribution in [3.05, 3.63) is 71.4 Å². The summed E-state index contributed by atoms with van der Waals surface area (Å²) in [5.74, 6) is -5.03. The number of piperazine rings is 1. The molecule has 1 aromatic heterocycles. The molecule has 43 heavy (non-hydrogen) atoms. The average molecular weight is 616 g/mol. The van der Waals surface area contributed by atoms with Crippen LogP contribution in [-0.2, 0) is 0 Å². The van der Waals surface area contributed by atoms with Gasteiger partial charge < -0.3 is 26.2 Å². The first-order valence-electron chi connectivity index (χ1n) is 14.0. The first kappa shape index (κ1) is 30.6. The predicted octanol–water partition coefficient (Wildman–Crippen LogP) is 5.59.